The monoisotopic (exact) mass is 409 g/mol. The molecule has 7 heteroatoms. The van der Waals surface area contributed by atoms with Crippen LogP contribution in [0.3, 0.4) is 0 Å². The van der Waals surface area contributed by atoms with E-state index in [-0.39, 0.29) is 23.7 Å². The van der Waals surface area contributed by atoms with Crippen LogP contribution in [0.5, 0.6) is 5.75 Å². The quantitative estimate of drug-likeness (QED) is 0.842. The van der Waals surface area contributed by atoms with Gasteiger partial charge in [-0.3, -0.25) is 9.52 Å². The molecule has 0 saturated heterocycles. The van der Waals surface area contributed by atoms with Gasteiger partial charge >= 0.3 is 0 Å². The zero-order chi connectivity index (χ0) is 17.5. The number of carbonyl (C=O) groups is 1. The Labute approximate surface area is 149 Å². The fraction of sp³-hybridized carbons (Fsp3) is 0.235. The predicted molar refractivity (Wildman–Crippen MR) is 95.1 cm³/mol. The van der Waals surface area contributed by atoms with Gasteiger partial charge in [0.15, 0.2) is 5.78 Å². The number of carbonyl (C=O) groups excluding carboxylic acids is 1. The number of ketones is 1. The number of nitrogens with one attached hydrogen (secondary N) is 1. The predicted octanol–water partition coefficient (Wildman–Crippen LogP) is 3.37. The summed E-state index contributed by atoms with van der Waals surface area (Å²) in [6, 6.07) is 8.45. The molecular weight excluding hydrogens is 394 g/mol. The van der Waals surface area contributed by atoms with Crippen LogP contribution in [0.15, 0.2) is 39.7 Å². The molecule has 0 spiro atoms. The SMILES string of the molecule is Cc1ccc(NS(=O)(=O)c2cc3c(cc2Br)CC(=O)CO3)cc1C. The molecule has 0 saturated carbocycles. The van der Waals surface area contributed by atoms with Crippen molar-refractivity contribution in [1.82, 2.24) is 0 Å². The van der Waals surface area contributed by atoms with Crippen molar-refractivity contribution < 1.29 is 17.9 Å². The van der Waals surface area contributed by atoms with Crippen molar-refractivity contribution in [2.45, 2.75) is 25.2 Å². The van der Waals surface area contributed by atoms with E-state index >= 15 is 0 Å². The lowest BCUT2D eigenvalue weighted by molar-refractivity contribution is -0.121. The van der Waals surface area contributed by atoms with Crippen LogP contribution in [0.1, 0.15) is 16.7 Å². The van der Waals surface area contributed by atoms with Gasteiger partial charge in [0, 0.05) is 28.2 Å². The van der Waals surface area contributed by atoms with Crippen LogP contribution in [0.2, 0.25) is 0 Å². The molecule has 0 fully saturated rings. The number of sulfonamides is 1. The van der Waals surface area contributed by atoms with Crippen LogP contribution in [-0.4, -0.2) is 20.8 Å². The lowest BCUT2D eigenvalue weighted by atomic mass is 10.1. The second-order valence-corrected chi connectivity index (χ2v) is 8.30. The van der Waals surface area contributed by atoms with E-state index in [9.17, 15) is 13.2 Å². The van der Waals surface area contributed by atoms with Crippen molar-refractivity contribution in [2.75, 3.05) is 11.3 Å². The van der Waals surface area contributed by atoms with Gasteiger partial charge in [-0.1, -0.05) is 6.07 Å². The maximum absolute atomic E-state index is 12.7. The summed E-state index contributed by atoms with van der Waals surface area (Å²) in [5, 5.41) is 0. The van der Waals surface area contributed by atoms with Gasteiger partial charge in [0.05, 0.1) is 0 Å². The summed E-state index contributed by atoms with van der Waals surface area (Å²) in [5.74, 6) is 0.400. The topological polar surface area (TPSA) is 72.5 Å². The van der Waals surface area contributed by atoms with Gasteiger partial charge in [-0.25, -0.2) is 8.42 Å². The second-order valence-electron chi connectivity index (χ2n) is 5.80. The van der Waals surface area contributed by atoms with Crippen LogP contribution in [0.25, 0.3) is 0 Å². The maximum Gasteiger partial charge on any atom is 0.263 e. The molecule has 0 radical (unpaired) electrons. The first kappa shape index (κ1) is 17.0. The molecule has 1 aliphatic rings. The highest BCUT2D eigenvalue weighted by Gasteiger charge is 2.24. The Balaban J connectivity index is 1.97. The number of ether oxygens (including phenoxy) is 1. The van der Waals surface area contributed by atoms with Crippen molar-refractivity contribution in [3.8, 4) is 5.75 Å². The van der Waals surface area contributed by atoms with E-state index in [1.54, 1.807) is 18.2 Å². The Morgan fingerprint density at radius 2 is 1.88 bits per heavy atom. The molecule has 2 aromatic rings. The van der Waals surface area contributed by atoms with E-state index in [0.717, 1.165) is 11.1 Å². The summed E-state index contributed by atoms with van der Waals surface area (Å²) < 4.78 is 33.7. The molecule has 0 aliphatic carbocycles. The van der Waals surface area contributed by atoms with Gasteiger partial charge < -0.3 is 4.74 Å². The number of benzene rings is 2. The van der Waals surface area contributed by atoms with Gasteiger partial charge in [0.2, 0.25) is 0 Å². The van der Waals surface area contributed by atoms with Gasteiger partial charge in [-0.15, -0.1) is 0 Å². The largest absolute Gasteiger partial charge is 0.485 e. The first-order chi connectivity index (χ1) is 11.3. The van der Waals surface area contributed by atoms with Gasteiger partial charge in [0.1, 0.15) is 17.3 Å². The molecule has 24 heavy (non-hydrogen) atoms. The zero-order valence-corrected chi connectivity index (χ0v) is 15.6. The zero-order valence-electron chi connectivity index (χ0n) is 13.2. The molecule has 2 aromatic carbocycles. The fourth-order valence-corrected chi connectivity index (χ4v) is 4.65. The minimum atomic E-state index is -3.78. The van der Waals surface area contributed by atoms with E-state index in [4.69, 9.17) is 4.74 Å². The number of Topliss-reactive ketones (excluding diaryl/α,β-unsaturated/α-hetero) is 1. The third-order valence-electron chi connectivity index (χ3n) is 3.94. The molecule has 1 heterocycles. The Morgan fingerprint density at radius 3 is 2.58 bits per heavy atom. The molecule has 126 valence electrons. The van der Waals surface area contributed by atoms with Gasteiger partial charge in [-0.2, -0.15) is 0 Å². The highest BCUT2D eigenvalue weighted by atomic mass is 79.9. The lowest BCUT2D eigenvalue weighted by Crippen LogP contribution is -2.21. The smallest absolute Gasteiger partial charge is 0.263 e. The number of halogens is 1. The summed E-state index contributed by atoms with van der Waals surface area (Å²) in [4.78, 5) is 11.5. The van der Waals surface area contributed by atoms with E-state index < -0.39 is 10.0 Å². The summed E-state index contributed by atoms with van der Waals surface area (Å²) in [5.41, 5.74) is 3.27. The van der Waals surface area contributed by atoms with Gasteiger partial charge in [-0.05, 0) is 59.1 Å². The Kier molecular flexibility index (Phi) is 4.40. The number of anilines is 1. The van der Waals surface area contributed by atoms with Crippen LogP contribution in [0.4, 0.5) is 5.69 Å². The average Bonchev–Trinajstić information content (AvgIpc) is 2.49. The number of hydrogen-bond acceptors (Lipinski definition) is 4. The second kappa shape index (κ2) is 6.22. The summed E-state index contributed by atoms with van der Waals surface area (Å²) in [6.45, 7) is 3.86. The summed E-state index contributed by atoms with van der Waals surface area (Å²) >= 11 is 3.28. The van der Waals surface area contributed by atoms with Crippen LogP contribution in [-0.2, 0) is 21.2 Å². The van der Waals surface area contributed by atoms with E-state index in [2.05, 4.69) is 20.7 Å². The first-order valence-electron chi connectivity index (χ1n) is 7.33. The Morgan fingerprint density at radius 1 is 1.12 bits per heavy atom. The Bertz CT molecular complexity index is 938. The standard InChI is InChI=1S/C17H16BrNO4S/c1-10-3-4-13(5-11(10)2)19-24(21,22)17-8-16-12(7-15(17)18)6-14(20)9-23-16/h3-5,7-8,19H,6,9H2,1-2H3. The van der Waals surface area contributed by atoms with Crippen molar-refractivity contribution >= 4 is 37.4 Å². The molecule has 0 amide bonds. The van der Waals surface area contributed by atoms with Crippen LogP contribution in [0, 0.1) is 13.8 Å². The number of hydrogen-bond donors (Lipinski definition) is 1. The third-order valence-corrected chi connectivity index (χ3v) is 6.28. The van der Waals surface area contributed by atoms with E-state index in [0.29, 0.717) is 21.5 Å². The van der Waals surface area contributed by atoms with Crippen LogP contribution < -0.4 is 9.46 Å². The van der Waals surface area contributed by atoms with Crippen molar-refractivity contribution in [3.63, 3.8) is 0 Å². The lowest BCUT2D eigenvalue weighted by Gasteiger charge is -2.19. The molecular formula is C17H16BrNO4S. The minimum absolute atomic E-state index is 0.0291. The first-order valence-corrected chi connectivity index (χ1v) is 9.61. The molecule has 3 rings (SSSR count). The molecule has 0 atom stereocenters. The molecule has 0 aromatic heterocycles. The number of rotatable bonds is 3. The third kappa shape index (κ3) is 3.32. The normalized spacial score (nSPS) is 14.0. The van der Waals surface area contributed by atoms with Crippen molar-refractivity contribution in [2.24, 2.45) is 0 Å². The maximum atomic E-state index is 12.7. The van der Waals surface area contributed by atoms with Crippen molar-refractivity contribution in [3.05, 3.63) is 51.5 Å². The van der Waals surface area contributed by atoms with E-state index in [1.807, 2.05) is 19.9 Å². The summed E-state index contributed by atoms with van der Waals surface area (Å²) in [6.07, 6.45) is 0.249. The summed E-state index contributed by atoms with van der Waals surface area (Å²) in [7, 11) is -3.78. The Hall–Kier alpha value is -1.86. The number of aryl methyl sites for hydroxylation is 2. The molecule has 1 N–H and O–H groups in total. The highest BCUT2D eigenvalue weighted by Crippen LogP contribution is 2.33. The molecule has 1 aliphatic heterocycles. The molecule has 0 unspecified atom stereocenters. The fourth-order valence-electron chi connectivity index (χ4n) is 2.49. The molecule has 0 bridgehead atoms. The van der Waals surface area contributed by atoms with E-state index in [1.165, 1.54) is 6.07 Å². The molecule has 5 nitrogen and oxygen atoms in total. The highest BCUT2D eigenvalue weighted by molar-refractivity contribution is 9.10. The minimum Gasteiger partial charge on any atom is -0.485 e. The average molecular weight is 410 g/mol. The van der Waals surface area contributed by atoms with Crippen LogP contribution >= 0.6 is 15.9 Å². The number of fused-ring (bicyclic) bond motifs is 1. The van der Waals surface area contributed by atoms with Crippen molar-refractivity contribution in [1.29, 1.82) is 0 Å². The van der Waals surface area contributed by atoms with Gasteiger partial charge in [0.25, 0.3) is 10.0 Å².